The van der Waals surface area contributed by atoms with Crippen molar-refractivity contribution in [2.24, 2.45) is 11.8 Å². The smallest absolute Gasteiger partial charge is 0.0549 e. The van der Waals surface area contributed by atoms with Crippen LogP contribution in [0, 0.1) is 11.8 Å². The molecule has 0 aromatic carbocycles. The highest BCUT2D eigenvalue weighted by Crippen LogP contribution is 2.09. The van der Waals surface area contributed by atoms with E-state index in [9.17, 15) is 0 Å². The Bertz CT molecular complexity index is 104. The molecule has 1 nitrogen and oxygen atoms in total. The number of halogens is 1. The van der Waals surface area contributed by atoms with Gasteiger partial charge in [-0.25, -0.2) is 0 Å². The lowest BCUT2D eigenvalue weighted by Crippen LogP contribution is -2.16. The predicted molar refractivity (Wildman–Crippen MR) is 57.8 cm³/mol. The van der Waals surface area contributed by atoms with E-state index in [4.69, 9.17) is 4.74 Å². The van der Waals surface area contributed by atoms with Crippen molar-refractivity contribution in [3.05, 3.63) is 0 Å². The van der Waals surface area contributed by atoms with Gasteiger partial charge in [0.25, 0.3) is 0 Å². The highest BCUT2D eigenvalue weighted by atomic mass is 79.9. The Morgan fingerprint density at radius 1 is 1.17 bits per heavy atom. The second-order valence-corrected chi connectivity index (χ2v) is 4.68. The van der Waals surface area contributed by atoms with Crippen LogP contribution in [-0.2, 0) is 4.74 Å². The van der Waals surface area contributed by atoms with Crippen LogP contribution in [0.15, 0.2) is 0 Å². The Morgan fingerprint density at radius 3 is 2.17 bits per heavy atom. The van der Waals surface area contributed by atoms with Gasteiger partial charge in [0.05, 0.1) is 12.7 Å². The minimum Gasteiger partial charge on any atom is -0.378 e. The maximum Gasteiger partial charge on any atom is 0.0549 e. The molecule has 0 amide bonds. The first-order valence-corrected chi connectivity index (χ1v) is 5.86. The van der Waals surface area contributed by atoms with Crippen LogP contribution in [0.1, 0.15) is 34.1 Å². The number of ether oxygens (including phenoxy) is 1. The normalized spacial score (nSPS) is 16.5. The average molecular weight is 237 g/mol. The van der Waals surface area contributed by atoms with Crippen LogP contribution in [0.3, 0.4) is 0 Å². The lowest BCUT2D eigenvalue weighted by Gasteiger charge is -2.17. The Balaban J connectivity index is 3.36. The van der Waals surface area contributed by atoms with Gasteiger partial charge in [0.15, 0.2) is 0 Å². The van der Waals surface area contributed by atoms with Crippen molar-refractivity contribution in [1.29, 1.82) is 0 Å². The largest absolute Gasteiger partial charge is 0.378 e. The molecule has 0 radical (unpaired) electrons. The summed E-state index contributed by atoms with van der Waals surface area (Å²) in [6.07, 6.45) is 1.57. The zero-order valence-corrected chi connectivity index (χ0v) is 10.2. The summed E-state index contributed by atoms with van der Waals surface area (Å²) < 4.78 is 5.68. The van der Waals surface area contributed by atoms with E-state index >= 15 is 0 Å². The van der Waals surface area contributed by atoms with Crippen LogP contribution in [-0.4, -0.2) is 18.0 Å². The quantitative estimate of drug-likeness (QED) is 0.643. The lowest BCUT2D eigenvalue weighted by atomic mass is 10.1. The molecule has 2 atom stereocenters. The van der Waals surface area contributed by atoms with Crippen LogP contribution in [0.5, 0.6) is 0 Å². The van der Waals surface area contributed by atoms with Crippen LogP contribution in [0.2, 0.25) is 0 Å². The molecule has 0 spiro atoms. The number of hydrogen-bond donors (Lipinski definition) is 0. The fourth-order valence-electron chi connectivity index (χ4n) is 1.10. The molecule has 0 aliphatic carbocycles. The Kier molecular flexibility index (Phi) is 7.16. The molecule has 2 unspecified atom stereocenters. The molecule has 12 heavy (non-hydrogen) atoms. The Morgan fingerprint density at radius 2 is 1.75 bits per heavy atom. The van der Waals surface area contributed by atoms with E-state index in [1.54, 1.807) is 0 Å². The molecule has 0 rings (SSSR count). The molecule has 0 aromatic heterocycles. The summed E-state index contributed by atoms with van der Waals surface area (Å²) in [6.45, 7) is 9.68. The summed E-state index contributed by atoms with van der Waals surface area (Å²) in [7, 11) is 0. The predicted octanol–water partition coefficient (Wildman–Crippen LogP) is 3.47. The highest BCUT2D eigenvalue weighted by Gasteiger charge is 2.07. The van der Waals surface area contributed by atoms with E-state index in [0.29, 0.717) is 12.0 Å². The van der Waals surface area contributed by atoms with Crippen LogP contribution < -0.4 is 0 Å². The van der Waals surface area contributed by atoms with Gasteiger partial charge in [-0.05, 0) is 25.2 Å². The summed E-state index contributed by atoms with van der Waals surface area (Å²) in [5.41, 5.74) is 0. The second-order valence-electron chi connectivity index (χ2n) is 4.03. The van der Waals surface area contributed by atoms with Gasteiger partial charge in [0.1, 0.15) is 0 Å². The summed E-state index contributed by atoms with van der Waals surface area (Å²) in [5, 5.41) is 1.03. The van der Waals surface area contributed by atoms with Gasteiger partial charge in [-0.3, -0.25) is 0 Å². The average Bonchev–Trinajstić information content (AvgIpc) is 1.99. The maximum absolute atomic E-state index is 5.68. The Labute approximate surface area is 85.0 Å². The SMILES string of the molecule is CC(C)CC(C)OCC(C)CBr. The summed E-state index contributed by atoms with van der Waals surface area (Å²) in [4.78, 5) is 0. The molecule has 0 aliphatic heterocycles. The molecule has 0 aromatic rings. The van der Waals surface area contributed by atoms with Crippen molar-refractivity contribution in [1.82, 2.24) is 0 Å². The van der Waals surface area contributed by atoms with Gasteiger partial charge in [-0.15, -0.1) is 0 Å². The van der Waals surface area contributed by atoms with Gasteiger partial charge < -0.3 is 4.74 Å². The van der Waals surface area contributed by atoms with Crippen molar-refractivity contribution < 1.29 is 4.74 Å². The zero-order chi connectivity index (χ0) is 9.56. The molecule has 0 saturated carbocycles. The monoisotopic (exact) mass is 236 g/mol. The van der Waals surface area contributed by atoms with Crippen molar-refractivity contribution in [3.63, 3.8) is 0 Å². The standard InChI is InChI=1S/C10H21BrO/c1-8(2)5-10(4)12-7-9(3)6-11/h8-10H,5-7H2,1-4H3. The Hall–Kier alpha value is 0.440. The molecule has 74 valence electrons. The van der Waals surface area contributed by atoms with Crippen molar-refractivity contribution in [2.45, 2.75) is 40.2 Å². The second kappa shape index (κ2) is 6.90. The van der Waals surface area contributed by atoms with Gasteiger partial charge in [-0.2, -0.15) is 0 Å². The van der Waals surface area contributed by atoms with E-state index in [0.717, 1.165) is 24.3 Å². The van der Waals surface area contributed by atoms with E-state index < -0.39 is 0 Å². The van der Waals surface area contributed by atoms with E-state index in [1.165, 1.54) is 0 Å². The van der Waals surface area contributed by atoms with Gasteiger partial charge in [0.2, 0.25) is 0 Å². The fraction of sp³-hybridized carbons (Fsp3) is 1.00. The molecule has 0 N–H and O–H groups in total. The van der Waals surface area contributed by atoms with Gasteiger partial charge in [-0.1, -0.05) is 36.7 Å². The summed E-state index contributed by atoms with van der Waals surface area (Å²) in [6, 6.07) is 0. The zero-order valence-electron chi connectivity index (χ0n) is 8.64. The highest BCUT2D eigenvalue weighted by molar-refractivity contribution is 9.09. The first-order chi connectivity index (χ1) is 5.56. The van der Waals surface area contributed by atoms with E-state index in [-0.39, 0.29) is 0 Å². The van der Waals surface area contributed by atoms with E-state index in [2.05, 4.69) is 43.6 Å². The number of rotatable bonds is 6. The third-order valence-electron chi connectivity index (χ3n) is 1.73. The first-order valence-electron chi connectivity index (χ1n) is 4.73. The summed E-state index contributed by atoms with van der Waals surface area (Å²) >= 11 is 3.44. The molecule has 2 heteroatoms. The van der Waals surface area contributed by atoms with Crippen molar-refractivity contribution in [2.75, 3.05) is 11.9 Å². The van der Waals surface area contributed by atoms with Gasteiger partial charge in [0, 0.05) is 5.33 Å². The molecule has 0 fully saturated rings. The molecular weight excluding hydrogens is 216 g/mol. The summed E-state index contributed by atoms with van der Waals surface area (Å²) in [5.74, 6) is 1.36. The van der Waals surface area contributed by atoms with Crippen molar-refractivity contribution in [3.8, 4) is 0 Å². The fourth-order valence-corrected chi connectivity index (χ4v) is 1.29. The van der Waals surface area contributed by atoms with E-state index in [1.807, 2.05) is 0 Å². The van der Waals surface area contributed by atoms with Crippen LogP contribution >= 0.6 is 15.9 Å². The third kappa shape index (κ3) is 7.11. The minimum atomic E-state index is 0.409. The number of alkyl halides is 1. The van der Waals surface area contributed by atoms with Gasteiger partial charge >= 0.3 is 0 Å². The lowest BCUT2D eigenvalue weighted by molar-refractivity contribution is 0.0362. The maximum atomic E-state index is 5.68. The first kappa shape index (κ1) is 12.4. The molecule has 0 aliphatic rings. The van der Waals surface area contributed by atoms with Crippen LogP contribution in [0.4, 0.5) is 0 Å². The van der Waals surface area contributed by atoms with Crippen LogP contribution in [0.25, 0.3) is 0 Å². The number of hydrogen-bond acceptors (Lipinski definition) is 1. The molecule has 0 bridgehead atoms. The third-order valence-corrected chi connectivity index (χ3v) is 2.84. The molecular formula is C10H21BrO. The molecule has 0 saturated heterocycles. The van der Waals surface area contributed by atoms with Crippen molar-refractivity contribution >= 4 is 15.9 Å². The minimum absolute atomic E-state index is 0.409. The molecule has 0 heterocycles. The topological polar surface area (TPSA) is 9.23 Å².